The van der Waals surface area contributed by atoms with Crippen LogP contribution in [0.3, 0.4) is 0 Å². The van der Waals surface area contributed by atoms with Crippen LogP contribution >= 0.6 is 0 Å². The maximum absolute atomic E-state index is 12.9. The minimum absolute atomic E-state index is 0.0419. The summed E-state index contributed by atoms with van der Waals surface area (Å²) in [5.74, 6) is 0.565. The minimum atomic E-state index is -0.377. The Morgan fingerprint density at radius 3 is 3.00 bits per heavy atom. The van der Waals surface area contributed by atoms with Crippen molar-refractivity contribution < 1.29 is 14.6 Å². The van der Waals surface area contributed by atoms with Crippen molar-refractivity contribution in [2.24, 2.45) is 0 Å². The van der Waals surface area contributed by atoms with Gasteiger partial charge in [-0.05, 0) is 44.4 Å². The molecule has 146 valence electrons. The zero-order chi connectivity index (χ0) is 19.9. The van der Waals surface area contributed by atoms with Gasteiger partial charge in [-0.3, -0.25) is 4.79 Å². The smallest absolute Gasteiger partial charge is 0.272 e. The number of aryl methyl sites for hydroxylation is 1. The number of ether oxygens (including phenoxy) is 1. The van der Waals surface area contributed by atoms with E-state index in [2.05, 4.69) is 15.4 Å². The monoisotopic (exact) mass is 380 g/mol. The molecule has 2 N–H and O–H groups in total. The molecule has 0 aliphatic carbocycles. The van der Waals surface area contributed by atoms with E-state index in [0.717, 1.165) is 22.4 Å². The molecule has 1 amide bonds. The fraction of sp³-hybridized carbons (Fsp3) is 0.381. The molecule has 0 bridgehead atoms. The van der Waals surface area contributed by atoms with Crippen LogP contribution in [0.5, 0.6) is 5.75 Å². The Labute approximate surface area is 163 Å². The van der Waals surface area contributed by atoms with E-state index >= 15 is 0 Å². The summed E-state index contributed by atoms with van der Waals surface area (Å²) in [6.45, 7) is 6.11. The van der Waals surface area contributed by atoms with E-state index in [-0.39, 0.29) is 24.2 Å². The number of hydrogen-bond donors (Lipinski definition) is 2. The second-order valence-electron chi connectivity index (χ2n) is 7.90. The number of carbonyl (C=O) groups is 1. The van der Waals surface area contributed by atoms with Crippen LogP contribution in [-0.4, -0.2) is 37.8 Å². The van der Waals surface area contributed by atoms with Gasteiger partial charge in [-0.25, -0.2) is 9.50 Å². The Balaban J connectivity index is 1.60. The standard InChI is InChI=1S/C21H24N4O3/c1-13-4-5-15-17(10-21(2,3)28-18(15)8-13)23-20(27)16-9-19-22-11-14(6-7-26)12-25(19)24-16/h4-5,8-9,11-12,17,26H,6-7,10H2,1-3H3,(H,23,27). The lowest BCUT2D eigenvalue weighted by atomic mass is 9.89. The molecule has 1 aliphatic rings. The third-order valence-corrected chi connectivity index (χ3v) is 4.93. The highest BCUT2D eigenvalue weighted by atomic mass is 16.5. The van der Waals surface area contributed by atoms with Gasteiger partial charge in [0.1, 0.15) is 11.4 Å². The quantitative estimate of drug-likeness (QED) is 0.726. The summed E-state index contributed by atoms with van der Waals surface area (Å²) in [4.78, 5) is 17.2. The number of carbonyl (C=O) groups excluding carboxylic acids is 1. The molecule has 1 unspecified atom stereocenters. The summed E-state index contributed by atoms with van der Waals surface area (Å²) in [5.41, 5.74) is 3.48. The van der Waals surface area contributed by atoms with Gasteiger partial charge in [-0.2, -0.15) is 5.10 Å². The molecular formula is C21H24N4O3. The lowest BCUT2D eigenvalue weighted by molar-refractivity contribution is 0.0617. The van der Waals surface area contributed by atoms with Crippen LogP contribution in [-0.2, 0) is 6.42 Å². The zero-order valence-electron chi connectivity index (χ0n) is 16.3. The highest BCUT2D eigenvalue weighted by Crippen LogP contribution is 2.40. The van der Waals surface area contributed by atoms with Crippen LogP contribution in [0.2, 0.25) is 0 Å². The molecule has 0 radical (unpaired) electrons. The molecular weight excluding hydrogens is 356 g/mol. The number of nitrogens with zero attached hydrogens (tertiary/aromatic N) is 3. The number of fused-ring (bicyclic) bond motifs is 2. The molecule has 0 saturated carbocycles. The molecule has 3 aromatic rings. The number of aliphatic hydroxyl groups is 1. The third-order valence-electron chi connectivity index (χ3n) is 4.93. The van der Waals surface area contributed by atoms with Gasteiger partial charge in [0, 0.05) is 37.1 Å². The highest BCUT2D eigenvalue weighted by molar-refractivity contribution is 5.93. The van der Waals surface area contributed by atoms with Crippen molar-refractivity contribution in [3.8, 4) is 5.75 Å². The molecule has 1 aliphatic heterocycles. The first-order valence-electron chi connectivity index (χ1n) is 9.40. The van der Waals surface area contributed by atoms with E-state index < -0.39 is 0 Å². The third kappa shape index (κ3) is 3.57. The maximum Gasteiger partial charge on any atom is 0.272 e. The molecule has 7 heteroatoms. The molecule has 28 heavy (non-hydrogen) atoms. The summed E-state index contributed by atoms with van der Waals surface area (Å²) in [6, 6.07) is 7.55. The van der Waals surface area contributed by atoms with Gasteiger partial charge in [0.15, 0.2) is 11.3 Å². The average Bonchev–Trinajstić information content (AvgIpc) is 3.04. The molecule has 4 rings (SSSR count). The van der Waals surface area contributed by atoms with Crippen LogP contribution in [0.1, 0.15) is 53.5 Å². The van der Waals surface area contributed by atoms with Crippen LogP contribution in [0.15, 0.2) is 36.7 Å². The fourth-order valence-corrected chi connectivity index (χ4v) is 3.60. The van der Waals surface area contributed by atoms with Crippen molar-refractivity contribution in [1.82, 2.24) is 19.9 Å². The Kier molecular flexibility index (Phi) is 4.55. The van der Waals surface area contributed by atoms with Crippen molar-refractivity contribution in [3.63, 3.8) is 0 Å². The van der Waals surface area contributed by atoms with Crippen LogP contribution < -0.4 is 10.1 Å². The first-order chi connectivity index (χ1) is 13.3. The Morgan fingerprint density at radius 1 is 1.39 bits per heavy atom. The van der Waals surface area contributed by atoms with E-state index in [1.807, 2.05) is 39.0 Å². The molecule has 0 saturated heterocycles. The number of amides is 1. The van der Waals surface area contributed by atoms with Gasteiger partial charge in [-0.1, -0.05) is 12.1 Å². The first-order valence-corrected chi connectivity index (χ1v) is 9.40. The van der Waals surface area contributed by atoms with Gasteiger partial charge in [0.05, 0.1) is 6.04 Å². The van der Waals surface area contributed by atoms with E-state index in [0.29, 0.717) is 24.2 Å². The van der Waals surface area contributed by atoms with E-state index in [1.54, 1.807) is 23.0 Å². The predicted octanol–water partition coefficient (Wildman–Crippen LogP) is 2.60. The second-order valence-corrected chi connectivity index (χ2v) is 7.90. The fourth-order valence-electron chi connectivity index (χ4n) is 3.60. The average molecular weight is 380 g/mol. The Bertz CT molecular complexity index is 1040. The van der Waals surface area contributed by atoms with Gasteiger partial charge in [0.25, 0.3) is 5.91 Å². The number of hydrogen-bond acceptors (Lipinski definition) is 5. The molecule has 1 aromatic carbocycles. The summed E-state index contributed by atoms with van der Waals surface area (Å²) in [5, 5.41) is 16.5. The van der Waals surface area contributed by atoms with Crippen molar-refractivity contribution in [1.29, 1.82) is 0 Å². The van der Waals surface area contributed by atoms with Crippen molar-refractivity contribution >= 4 is 11.6 Å². The zero-order valence-corrected chi connectivity index (χ0v) is 16.3. The number of aliphatic hydroxyl groups excluding tert-OH is 1. The SMILES string of the molecule is Cc1ccc2c(c1)OC(C)(C)CC2NC(=O)c1cc2ncc(CCO)cn2n1. The maximum atomic E-state index is 12.9. The van der Waals surface area contributed by atoms with Crippen LogP contribution in [0.4, 0.5) is 0 Å². The summed E-state index contributed by atoms with van der Waals surface area (Å²) in [7, 11) is 0. The molecule has 3 heterocycles. The highest BCUT2D eigenvalue weighted by Gasteiger charge is 2.35. The molecule has 0 fully saturated rings. The van der Waals surface area contributed by atoms with E-state index in [9.17, 15) is 4.79 Å². The van der Waals surface area contributed by atoms with Crippen molar-refractivity contribution in [3.05, 3.63) is 59.0 Å². The second kappa shape index (κ2) is 6.91. The molecule has 1 atom stereocenters. The normalized spacial score (nSPS) is 17.8. The van der Waals surface area contributed by atoms with Gasteiger partial charge < -0.3 is 15.2 Å². The lowest BCUT2D eigenvalue weighted by Gasteiger charge is -2.38. The van der Waals surface area contributed by atoms with Gasteiger partial charge >= 0.3 is 0 Å². The van der Waals surface area contributed by atoms with Crippen LogP contribution in [0.25, 0.3) is 5.65 Å². The topological polar surface area (TPSA) is 88.8 Å². The van der Waals surface area contributed by atoms with Crippen LogP contribution in [0, 0.1) is 6.92 Å². The Hall–Kier alpha value is -2.93. The number of rotatable bonds is 4. The van der Waals surface area contributed by atoms with Crippen molar-refractivity contribution in [2.75, 3.05) is 6.61 Å². The van der Waals surface area contributed by atoms with E-state index in [4.69, 9.17) is 9.84 Å². The lowest BCUT2D eigenvalue weighted by Crippen LogP contribution is -2.41. The summed E-state index contributed by atoms with van der Waals surface area (Å²) in [6.07, 6.45) is 4.64. The number of aromatic nitrogens is 3. The van der Waals surface area contributed by atoms with Gasteiger partial charge in [-0.15, -0.1) is 0 Å². The minimum Gasteiger partial charge on any atom is -0.487 e. The predicted molar refractivity (Wildman–Crippen MR) is 104 cm³/mol. The van der Waals surface area contributed by atoms with E-state index in [1.165, 1.54) is 0 Å². The molecule has 7 nitrogen and oxygen atoms in total. The van der Waals surface area contributed by atoms with Crippen molar-refractivity contribution in [2.45, 2.75) is 45.3 Å². The molecule has 0 spiro atoms. The first kappa shape index (κ1) is 18.4. The summed E-state index contributed by atoms with van der Waals surface area (Å²) >= 11 is 0. The summed E-state index contributed by atoms with van der Waals surface area (Å²) < 4.78 is 7.67. The number of nitrogens with one attached hydrogen (secondary N) is 1. The number of benzene rings is 1. The Morgan fingerprint density at radius 2 is 2.21 bits per heavy atom. The largest absolute Gasteiger partial charge is 0.487 e. The van der Waals surface area contributed by atoms with Gasteiger partial charge in [0.2, 0.25) is 0 Å². The molecule has 2 aromatic heterocycles.